The van der Waals surface area contributed by atoms with E-state index in [4.69, 9.17) is 10.5 Å². The van der Waals surface area contributed by atoms with E-state index in [2.05, 4.69) is 4.74 Å². The lowest BCUT2D eigenvalue weighted by Gasteiger charge is -2.11. The Labute approximate surface area is 137 Å². The first-order valence-electron chi connectivity index (χ1n) is 7.09. The highest BCUT2D eigenvalue weighted by Crippen LogP contribution is 2.32. The normalized spacial score (nSPS) is 11.2. The number of rotatable bonds is 5. The minimum atomic E-state index is -4.40. The fourth-order valence-electron chi connectivity index (χ4n) is 2.11. The highest BCUT2D eigenvalue weighted by Gasteiger charge is 2.30. The van der Waals surface area contributed by atoms with E-state index in [-0.39, 0.29) is 18.7 Å². The van der Waals surface area contributed by atoms with Gasteiger partial charge < -0.3 is 15.2 Å². The molecule has 0 fully saturated rings. The van der Waals surface area contributed by atoms with Gasteiger partial charge in [0, 0.05) is 6.54 Å². The molecule has 24 heavy (non-hydrogen) atoms. The third kappa shape index (κ3) is 4.26. The number of alkyl halides is 3. The Balaban J connectivity index is 2.42. The molecule has 0 heterocycles. The van der Waals surface area contributed by atoms with Crippen LogP contribution >= 0.6 is 0 Å². The van der Waals surface area contributed by atoms with Crippen molar-refractivity contribution in [1.82, 2.24) is 0 Å². The fourth-order valence-corrected chi connectivity index (χ4v) is 2.11. The van der Waals surface area contributed by atoms with Crippen molar-refractivity contribution in [2.24, 2.45) is 5.73 Å². The predicted octanol–water partition coefficient (Wildman–Crippen LogP) is 3.50. The van der Waals surface area contributed by atoms with Crippen LogP contribution in [0.25, 0.3) is 11.1 Å². The molecule has 0 radical (unpaired) electrons. The van der Waals surface area contributed by atoms with Gasteiger partial charge in [-0.05, 0) is 41.5 Å². The molecular formula is C17H16F3NO3. The van der Waals surface area contributed by atoms with E-state index in [1.807, 2.05) is 0 Å². The number of esters is 1. The number of carbonyl (C=O) groups excluding carboxylic acids is 1. The van der Waals surface area contributed by atoms with Crippen molar-refractivity contribution in [3.05, 3.63) is 53.6 Å². The van der Waals surface area contributed by atoms with Crippen molar-refractivity contribution in [3.63, 3.8) is 0 Å². The van der Waals surface area contributed by atoms with Crippen LogP contribution in [0.1, 0.15) is 15.9 Å². The lowest BCUT2D eigenvalue weighted by Crippen LogP contribution is -2.11. The van der Waals surface area contributed by atoms with Gasteiger partial charge in [0.2, 0.25) is 0 Å². The van der Waals surface area contributed by atoms with E-state index in [9.17, 15) is 18.0 Å². The zero-order valence-corrected chi connectivity index (χ0v) is 12.9. The maximum atomic E-state index is 12.6. The molecule has 0 aromatic heterocycles. The van der Waals surface area contributed by atoms with Crippen LogP contribution in [0.5, 0.6) is 5.75 Å². The minimum Gasteiger partial charge on any atom is -0.492 e. The zero-order chi connectivity index (χ0) is 17.7. The molecule has 0 aliphatic carbocycles. The first kappa shape index (κ1) is 17.8. The van der Waals surface area contributed by atoms with Crippen LogP contribution in [0.4, 0.5) is 13.2 Å². The number of nitrogens with two attached hydrogens (primary N) is 1. The monoisotopic (exact) mass is 339 g/mol. The molecule has 7 heteroatoms. The van der Waals surface area contributed by atoms with Crippen molar-refractivity contribution in [1.29, 1.82) is 0 Å². The molecule has 4 nitrogen and oxygen atoms in total. The molecule has 0 atom stereocenters. The van der Waals surface area contributed by atoms with Gasteiger partial charge in [-0.3, -0.25) is 0 Å². The van der Waals surface area contributed by atoms with Gasteiger partial charge in [-0.25, -0.2) is 4.79 Å². The highest BCUT2D eigenvalue weighted by molar-refractivity contribution is 5.91. The molecule has 0 aliphatic heterocycles. The smallest absolute Gasteiger partial charge is 0.416 e. The topological polar surface area (TPSA) is 61.5 Å². The Morgan fingerprint density at radius 2 is 1.75 bits per heavy atom. The summed E-state index contributed by atoms with van der Waals surface area (Å²) in [6.45, 7) is 0.537. The second-order valence-corrected chi connectivity index (χ2v) is 4.95. The Morgan fingerprint density at radius 3 is 2.29 bits per heavy atom. The molecule has 0 saturated carbocycles. The molecule has 0 bridgehead atoms. The van der Waals surface area contributed by atoms with Crippen LogP contribution in [0.2, 0.25) is 0 Å². The second-order valence-electron chi connectivity index (χ2n) is 4.95. The van der Waals surface area contributed by atoms with Crippen molar-refractivity contribution in [3.8, 4) is 16.9 Å². The molecule has 0 aliphatic rings. The van der Waals surface area contributed by atoms with Crippen molar-refractivity contribution >= 4 is 5.97 Å². The molecule has 128 valence electrons. The van der Waals surface area contributed by atoms with Gasteiger partial charge in [-0.1, -0.05) is 12.1 Å². The van der Waals surface area contributed by atoms with Crippen molar-refractivity contribution < 1.29 is 27.4 Å². The van der Waals surface area contributed by atoms with Crippen molar-refractivity contribution in [2.45, 2.75) is 6.18 Å². The number of methoxy groups -OCH3 is 1. The average molecular weight is 339 g/mol. The van der Waals surface area contributed by atoms with Crippen LogP contribution in [0, 0.1) is 0 Å². The summed E-state index contributed by atoms with van der Waals surface area (Å²) in [7, 11) is 1.24. The standard InChI is InChI=1S/C17H16F3NO3/c1-23-16(22)13-8-12(9-15(10-13)24-7-6-21)11-2-4-14(5-3-11)17(18,19)20/h2-5,8-10H,6-7,21H2,1H3. The summed E-state index contributed by atoms with van der Waals surface area (Å²) < 4.78 is 48.0. The first-order valence-corrected chi connectivity index (χ1v) is 7.09. The summed E-state index contributed by atoms with van der Waals surface area (Å²) >= 11 is 0. The Kier molecular flexibility index (Phi) is 5.46. The Morgan fingerprint density at radius 1 is 1.08 bits per heavy atom. The highest BCUT2D eigenvalue weighted by atomic mass is 19.4. The lowest BCUT2D eigenvalue weighted by atomic mass is 10.0. The summed E-state index contributed by atoms with van der Waals surface area (Å²) in [6.07, 6.45) is -4.40. The summed E-state index contributed by atoms with van der Waals surface area (Å²) in [5, 5.41) is 0. The molecule has 2 N–H and O–H groups in total. The van der Waals surface area contributed by atoms with E-state index in [1.54, 1.807) is 6.07 Å². The number of carbonyl (C=O) groups is 1. The number of hydrogen-bond acceptors (Lipinski definition) is 4. The largest absolute Gasteiger partial charge is 0.492 e. The zero-order valence-electron chi connectivity index (χ0n) is 12.9. The second kappa shape index (κ2) is 7.35. The molecule has 0 amide bonds. The molecule has 2 rings (SSSR count). The molecule has 0 unspecified atom stereocenters. The SMILES string of the molecule is COC(=O)c1cc(OCCN)cc(-c2ccc(C(F)(F)F)cc2)c1. The van der Waals surface area contributed by atoms with Gasteiger partial charge in [0.25, 0.3) is 0 Å². The van der Waals surface area contributed by atoms with E-state index in [1.165, 1.54) is 31.4 Å². The molecule has 0 spiro atoms. The van der Waals surface area contributed by atoms with E-state index >= 15 is 0 Å². The Bertz CT molecular complexity index is 712. The Hall–Kier alpha value is -2.54. The van der Waals surface area contributed by atoms with Crippen LogP contribution < -0.4 is 10.5 Å². The minimum absolute atomic E-state index is 0.238. The number of hydrogen-bond donors (Lipinski definition) is 1. The van der Waals surface area contributed by atoms with Gasteiger partial charge in [0.1, 0.15) is 12.4 Å². The van der Waals surface area contributed by atoms with Crippen LogP contribution in [-0.4, -0.2) is 26.2 Å². The third-order valence-corrected chi connectivity index (χ3v) is 3.26. The van der Waals surface area contributed by atoms with E-state index < -0.39 is 17.7 Å². The summed E-state index contributed by atoms with van der Waals surface area (Å²) in [4.78, 5) is 11.8. The third-order valence-electron chi connectivity index (χ3n) is 3.26. The number of halogens is 3. The summed E-state index contributed by atoms with van der Waals surface area (Å²) in [6, 6.07) is 9.31. The van der Waals surface area contributed by atoms with Gasteiger partial charge in [-0.2, -0.15) is 13.2 Å². The first-order chi connectivity index (χ1) is 11.3. The lowest BCUT2D eigenvalue weighted by molar-refractivity contribution is -0.137. The number of benzene rings is 2. The summed E-state index contributed by atoms with van der Waals surface area (Å²) in [5.41, 5.74) is 5.94. The van der Waals surface area contributed by atoms with Crippen LogP contribution in [0.15, 0.2) is 42.5 Å². The van der Waals surface area contributed by atoms with Gasteiger partial charge in [-0.15, -0.1) is 0 Å². The summed E-state index contributed by atoms with van der Waals surface area (Å²) in [5.74, 6) is -0.181. The molecular weight excluding hydrogens is 323 g/mol. The van der Waals surface area contributed by atoms with Gasteiger partial charge in [0.15, 0.2) is 0 Å². The number of ether oxygens (including phenoxy) is 2. The van der Waals surface area contributed by atoms with E-state index in [0.717, 1.165) is 12.1 Å². The fraction of sp³-hybridized carbons (Fsp3) is 0.235. The molecule has 2 aromatic rings. The van der Waals surface area contributed by atoms with Gasteiger partial charge >= 0.3 is 12.1 Å². The van der Waals surface area contributed by atoms with Crippen LogP contribution in [0.3, 0.4) is 0 Å². The van der Waals surface area contributed by atoms with Gasteiger partial charge in [0.05, 0.1) is 18.2 Å². The average Bonchev–Trinajstić information content (AvgIpc) is 2.58. The quantitative estimate of drug-likeness (QED) is 0.847. The predicted molar refractivity (Wildman–Crippen MR) is 82.8 cm³/mol. The van der Waals surface area contributed by atoms with E-state index in [0.29, 0.717) is 16.9 Å². The van der Waals surface area contributed by atoms with Crippen molar-refractivity contribution in [2.75, 3.05) is 20.3 Å². The maximum Gasteiger partial charge on any atom is 0.416 e. The molecule has 0 saturated heterocycles. The van der Waals surface area contributed by atoms with Crippen LogP contribution in [-0.2, 0) is 10.9 Å². The maximum absolute atomic E-state index is 12.6. The molecule has 2 aromatic carbocycles.